The summed E-state index contributed by atoms with van der Waals surface area (Å²) in [5.74, 6) is 0.254. The molecule has 0 spiro atoms. The number of hydrogen-bond donors (Lipinski definition) is 2. The molecule has 0 heterocycles. The van der Waals surface area contributed by atoms with Crippen LogP contribution in [0.2, 0.25) is 0 Å². The van der Waals surface area contributed by atoms with E-state index in [9.17, 15) is 5.11 Å². The molecule has 0 amide bonds. The van der Waals surface area contributed by atoms with Crippen LogP contribution in [-0.4, -0.2) is 9.97 Å². The number of rotatable bonds is 4. The number of benzene rings is 1. The van der Waals surface area contributed by atoms with Gasteiger partial charge in [-0.05, 0) is 23.5 Å². The van der Waals surface area contributed by atoms with E-state index in [1.165, 1.54) is 0 Å². The molecule has 0 bridgehead atoms. The zero-order chi connectivity index (χ0) is 13.9. The Bertz CT molecular complexity index is 447. The van der Waals surface area contributed by atoms with E-state index in [1.54, 1.807) is 0 Å². The molecule has 100 valence electrons. The maximum Gasteiger partial charge on any atom is 0.128 e. The first-order chi connectivity index (χ1) is 8.31. The van der Waals surface area contributed by atoms with Gasteiger partial charge < -0.3 is 10.8 Å². The van der Waals surface area contributed by atoms with Crippen LogP contribution in [0, 0.1) is 0 Å². The molecule has 0 unspecified atom stereocenters. The first kappa shape index (κ1) is 15.1. The van der Waals surface area contributed by atoms with Gasteiger partial charge in [-0.15, -0.1) is 0 Å². The second-order valence-corrected chi connectivity index (χ2v) is 6.15. The van der Waals surface area contributed by atoms with Crippen LogP contribution in [-0.2, 0) is 12.0 Å². The third-order valence-electron chi connectivity index (χ3n) is 3.05. The maximum atomic E-state index is 10.2. The van der Waals surface area contributed by atoms with Crippen molar-refractivity contribution in [3.05, 3.63) is 28.8 Å². The third kappa shape index (κ3) is 3.30. The van der Waals surface area contributed by atoms with Gasteiger partial charge >= 0.3 is 0 Å². The average molecular weight is 265 g/mol. The Hall–Kier alpha value is -0.930. The number of phenols is 1. The van der Waals surface area contributed by atoms with Crippen LogP contribution in [0.4, 0.5) is 0 Å². The van der Waals surface area contributed by atoms with Gasteiger partial charge in [-0.1, -0.05) is 52.4 Å². The number of thiocarbonyl (C=S) groups is 1. The van der Waals surface area contributed by atoms with E-state index in [0.29, 0.717) is 6.54 Å². The van der Waals surface area contributed by atoms with Crippen LogP contribution in [0.15, 0.2) is 12.1 Å². The zero-order valence-electron chi connectivity index (χ0n) is 11.7. The lowest BCUT2D eigenvalue weighted by molar-refractivity contribution is 0.465. The molecule has 18 heavy (non-hydrogen) atoms. The van der Waals surface area contributed by atoms with Crippen molar-refractivity contribution in [3.63, 3.8) is 0 Å². The summed E-state index contributed by atoms with van der Waals surface area (Å²) in [7, 11) is 0. The summed E-state index contributed by atoms with van der Waals surface area (Å²) in [6, 6.07) is 3.99. The van der Waals surface area contributed by atoms with E-state index in [4.69, 9.17) is 18.0 Å². The van der Waals surface area contributed by atoms with E-state index >= 15 is 0 Å². The Balaban J connectivity index is 3.36. The Morgan fingerprint density at radius 1 is 1.33 bits per heavy atom. The summed E-state index contributed by atoms with van der Waals surface area (Å²) in [6.07, 6.45) is 1.80. The SMILES string of the molecule is CCCC(=S)c1cc(C(C)(C)C)cc(CN)c1O. The van der Waals surface area contributed by atoms with Crippen molar-refractivity contribution >= 4 is 17.1 Å². The molecule has 3 N–H and O–H groups in total. The van der Waals surface area contributed by atoms with Crippen LogP contribution < -0.4 is 5.73 Å². The minimum atomic E-state index is 0.0220. The molecule has 1 aromatic carbocycles. The van der Waals surface area contributed by atoms with Crippen LogP contribution >= 0.6 is 12.2 Å². The normalized spacial score (nSPS) is 11.6. The van der Waals surface area contributed by atoms with Crippen LogP contribution in [0.5, 0.6) is 5.75 Å². The highest BCUT2D eigenvalue weighted by Gasteiger charge is 2.19. The first-order valence-electron chi connectivity index (χ1n) is 6.40. The molecule has 0 aromatic heterocycles. The summed E-state index contributed by atoms with van der Waals surface area (Å²) in [5.41, 5.74) is 8.44. The van der Waals surface area contributed by atoms with Gasteiger partial charge in [0.2, 0.25) is 0 Å². The molecule has 1 aromatic rings. The Morgan fingerprint density at radius 2 is 1.94 bits per heavy atom. The highest BCUT2D eigenvalue weighted by Crippen LogP contribution is 2.32. The highest BCUT2D eigenvalue weighted by molar-refractivity contribution is 7.80. The molecular weight excluding hydrogens is 242 g/mol. The quantitative estimate of drug-likeness (QED) is 0.645. The lowest BCUT2D eigenvalue weighted by Crippen LogP contribution is -2.14. The van der Waals surface area contributed by atoms with Crippen LogP contribution in [0.3, 0.4) is 0 Å². The molecule has 0 aliphatic heterocycles. The summed E-state index contributed by atoms with van der Waals surface area (Å²) in [5, 5.41) is 10.2. The lowest BCUT2D eigenvalue weighted by Gasteiger charge is -2.22. The first-order valence-corrected chi connectivity index (χ1v) is 6.81. The van der Waals surface area contributed by atoms with Gasteiger partial charge in [-0.3, -0.25) is 0 Å². The Morgan fingerprint density at radius 3 is 2.39 bits per heavy atom. The van der Waals surface area contributed by atoms with E-state index in [0.717, 1.165) is 34.4 Å². The Labute approximate surface area is 115 Å². The number of aromatic hydroxyl groups is 1. The van der Waals surface area contributed by atoms with Gasteiger partial charge in [0.05, 0.1) is 0 Å². The molecule has 0 aliphatic rings. The summed E-state index contributed by atoms with van der Waals surface area (Å²) < 4.78 is 0. The smallest absolute Gasteiger partial charge is 0.128 e. The van der Waals surface area contributed by atoms with Crippen LogP contribution in [0.1, 0.15) is 57.2 Å². The fourth-order valence-corrected chi connectivity index (χ4v) is 2.22. The van der Waals surface area contributed by atoms with E-state index in [1.807, 2.05) is 12.1 Å². The van der Waals surface area contributed by atoms with Crippen molar-refractivity contribution in [1.82, 2.24) is 0 Å². The van der Waals surface area contributed by atoms with Crippen molar-refractivity contribution in [1.29, 1.82) is 0 Å². The summed E-state index contributed by atoms with van der Waals surface area (Å²) in [4.78, 5) is 0.816. The molecule has 0 saturated heterocycles. The predicted molar refractivity (Wildman–Crippen MR) is 81.3 cm³/mol. The maximum absolute atomic E-state index is 10.2. The van der Waals surface area contributed by atoms with Crippen molar-refractivity contribution < 1.29 is 5.11 Å². The topological polar surface area (TPSA) is 46.2 Å². The van der Waals surface area contributed by atoms with Gasteiger partial charge in [0.15, 0.2) is 0 Å². The Kier molecular flexibility index (Phi) is 4.88. The number of nitrogens with two attached hydrogens (primary N) is 1. The van der Waals surface area contributed by atoms with Crippen molar-refractivity contribution in [2.75, 3.05) is 0 Å². The number of phenolic OH excluding ortho intramolecular Hbond substituents is 1. The zero-order valence-corrected chi connectivity index (χ0v) is 12.5. The van der Waals surface area contributed by atoms with Crippen molar-refractivity contribution in [3.8, 4) is 5.75 Å². The van der Waals surface area contributed by atoms with E-state index in [2.05, 4.69) is 27.7 Å². The van der Waals surface area contributed by atoms with Crippen LogP contribution in [0.25, 0.3) is 0 Å². The minimum absolute atomic E-state index is 0.0220. The van der Waals surface area contributed by atoms with Gasteiger partial charge in [-0.25, -0.2) is 0 Å². The van der Waals surface area contributed by atoms with E-state index < -0.39 is 0 Å². The fourth-order valence-electron chi connectivity index (χ4n) is 1.86. The van der Waals surface area contributed by atoms with Gasteiger partial charge in [0, 0.05) is 22.5 Å². The minimum Gasteiger partial charge on any atom is -0.507 e. The van der Waals surface area contributed by atoms with Gasteiger partial charge in [0.25, 0.3) is 0 Å². The van der Waals surface area contributed by atoms with Gasteiger partial charge in [0.1, 0.15) is 5.75 Å². The molecule has 0 radical (unpaired) electrons. The highest BCUT2D eigenvalue weighted by atomic mass is 32.1. The number of hydrogen-bond acceptors (Lipinski definition) is 3. The van der Waals surface area contributed by atoms with Gasteiger partial charge in [-0.2, -0.15) is 0 Å². The molecular formula is C15H23NOS. The molecule has 0 saturated carbocycles. The molecule has 1 rings (SSSR count). The summed E-state index contributed by atoms with van der Waals surface area (Å²) >= 11 is 5.40. The molecule has 0 fully saturated rings. The standard InChI is InChI=1S/C15H23NOS/c1-5-6-13(18)12-8-11(15(2,3)4)7-10(9-16)14(12)17/h7-8,17H,5-6,9,16H2,1-4H3. The van der Waals surface area contributed by atoms with Crippen molar-refractivity contribution in [2.45, 2.75) is 52.5 Å². The van der Waals surface area contributed by atoms with E-state index in [-0.39, 0.29) is 11.2 Å². The second kappa shape index (κ2) is 5.81. The monoisotopic (exact) mass is 265 g/mol. The summed E-state index contributed by atoms with van der Waals surface area (Å²) in [6.45, 7) is 8.85. The molecule has 0 aliphatic carbocycles. The average Bonchev–Trinajstić information content (AvgIpc) is 2.28. The molecule has 2 nitrogen and oxygen atoms in total. The largest absolute Gasteiger partial charge is 0.507 e. The lowest BCUT2D eigenvalue weighted by atomic mass is 9.84. The molecule has 0 atom stereocenters. The fraction of sp³-hybridized carbons (Fsp3) is 0.533. The second-order valence-electron chi connectivity index (χ2n) is 5.66. The molecule has 3 heteroatoms. The predicted octanol–water partition coefficient (Wildman–Crippen LogP) is 3.67. The van der Waals surface area contributed by atoms with Crippen molar-refractivity contribution in [2.24, 2.45) is 5.73 Å². The third-order valence-corrected chi connectivity index (χ3v) is 3.48.